The van der Waals surface area contributed by atoms with Crippen LogP contribution >= 0.6 is 0 Å². The van der Waals surface area contributed by atoms with Crippen molar-refractivity contribution in [1.82, 2.24) is 9.29 Å². The molecule has 2 N–H and O–H groups in total. The lowest BCUT2D eigenvalue weighted by Gasteiger charge is -2.36. The lowest BCUT2D eigenvalue weighted by molar-refractivity contribution is 0.0547. The highest BCUT2D eigenvalue weighted by atomic mass is 32.2. The van der Waals surface area contributed by atoms with Gasteiger partial charge in [0.1, 0.15) is 5.82 Å². The number of sulfonamides is 1. The molecular formula is C25H25FN2O3S. The number of rotatable bonds is 4. The van der Waals surface area contributed by atoms with Gasteiger partial charge in [0.2, 0.25) is 10.0 Å². The number of hydrogen-bond acceptors (Lipinski definition) is 3. The summed E-state index contributed by atoms with van der Waals surface area (Å²) in [6, 6.07) is 18.1. The summed E-state index contributed by atoms with van der Waals surface area (Å²) in [7, 11) is -3.76. The second-order valence-corrected chi connectivity index (χ2v) is 10.3. The summed E-state index contributed by atoms with van der Waals surface area (Å²) in [6.45, 7) is 1.90. The number of nitrogens with one attached hydrogen (secondary N) is 1. The van der Waals surface area contributed by atoms with Crippen LogP contribution in [-0.4, -0.2) is 30.2 Å². The number of aryl methyl sites for hydroxylation is 1. The molecule has 5 nitrogen and oxygen atoms in total. The highest BCUT2D eigenvalue weighted by Gasteiger charge is 2.36. The van der Waals surface area contributed by atoms with Crippen molar-refractivity contribution < 1.29 is 17.9 Å². The minimum atomic E-state index is -3.76. The van der Waals surface area contributed by atoms with Crippen LogP contribution in [0.2, 0.25) is 0 Å². The molecule has 166 valence electrons. The predicted octanol–water partition coefficient (Wildman–Crippen LogP) is 4.68. The Morgan fingerprint density at radius 3 is 2.47 bits per heavy atom. The van der Waals surface area contributed by atoms with Crippen molar-refractivity contribution in [2.45, 2.75) is 49.3 Å². The van der Waals surface area contributed by atoms with Gasteiger partial charge in [-0.05, 0) is 62.6 Å². The van der Waals surface area contributed by atoms with E-state index in [0.29, 0.717) is 12.8 Å². The molecule has 7 heteroatoms. The van der Waals surface area contributed by atoms with Crippen LogP contribution in [0.3, 0.4) is 0 Å². The second kappa shape index (κ2) is 7.99. The zero-order chi connectivity index (χ0) is 22.5. The van der Waals surface area contributed by atoms with Crippen molar-refractivity contribution in [3.05, 3.63) is 78.1 Å². The third-order valence-electron chi connectivity index (χ3n) is 6.46. The SMILES string of the molecule is Cc1ccc(S(=O)(=O)N[C@@H]2CCC[C@H](n3c4ccccc4c4cc(F)ccc43)[C@H]2O)cc1. The molecule has 1 aromatic heterocycles. The van der Waals surface area contributed by atoms with Crippen LogP contribution in [-0.2, 0) is 10.0 Å². The van der Waals surface area contributed by atoms with Crippen LogP contribution in [0.4, 0.5) is 4.39 Å². The van der Waals surface area contributed by atoms with E-state index in [2.05, 4.69) is 4.72 Å². The number of para-hydroxylation sites is 1. The molecule has 0 bridgehead atoms. The lowest BCUT2D eigenvalue weighted by Crippen LogP contribution is -2.49. The Morgan fingerprint density at radius 1 is 0.969 bits per heavy atom. The maximum absolute atomic E-state index is 14.0. The Hall–Kier alpha value is -2.74. The summed E-state index contributed by atoms with van der Waals surface area (Å²) in [5.41, 5.74) is 2.71. The molecule has 4 aromatic rings. The molecule has 1 aliphatic rings. The van der Waals surface area contributed by atoms with Gasteiger partial charge in [-0.25, -0.2) is 17.5 Å². The first kappa shape index (κ1) is 21.1. The molecule has 32 heavy (non-hydrogen) atoms. The molecule has 1 fully saturated rings. The number of aliphatic hydroxyl groups is 1. The second-order valence-electron chi connectivity index (χ2n) is 8.58. The van der Waals surface area contributed by atoms with Gasteiger partial charge in [0.25, 0.3) is 0 Å². The Balaban J connectivity index is 1.53. The maximum atomic E-state index is 14.0. The Labute approximate surface area is 186 Å². The van der Waals surface area contributed by atoms with Gasteiger partial charge < -0.3 is 9.67 Å². The molecule has 1 heterocycles. The van der Waals surface area contributed by atoms with E-state index >= 15 is 0 Å². The first-order chi connectivity index (χ1) is 15.3. The summed E-state index contributed by atoms with van der Waals surface area (Å²) in [5.74, 6) is -0.312. The standard InChI is InChI=1S/C25H25FN2O3S/c1-16-9-12-18(13-10-16)32(30,31)27-21-6-4-8-24(25(21)29)28-22-7-3-2-5-19(22)20-15-17(26)11-14-23(20)28/h2-3,5,7,9-15,21,24-25,27,29H,4,6,8H2,1H3/t21-,24+,25+/m1/s1. The topological polar surface area (TPSA) is 71.3 Å². The van der Waals surface area contributed by atoms with E-state index in [1.165, 1.54) is 12.1 Å². The van der Waals surface area contributed by atoms with Crippen molar-refractivity contribution in [3.8, 4) is 0 Å². The van der Waals surface area contributed by atoms with Gasteiger partial charge in [-0.15, -0.1) is 0 Å². The minimum Gasteiger partial charge on any atom is -0.389 e. The van der Waals surface area contributed by atoms with Crippen LogP contribution in [0.5, 0.6) is 0 Å². The van der Waals surface area contributed by atoms with E-state index < -0.39 is 22.2 Å². The van der Waals surface area contributed by atoms with Crippen molar-refractivity contribution in [1.29, 1.82) is 0 Å². The van der Waals surface area contributed by atoms with E-state index in [-0.39, 0.29) is 16.8 Å². The summed E-state index contributed by atoms with van der Waals surface area (Å²) in [6.07, 6.45) is 1.09. The molecule has 5 rings (SSSR count). The van der Waals surface area contributed by atoms with Gasteiger partial charge in [0.15, 0.2) is 0 Å². The Morgan fingerprint density at radius 2 is 1.69 bits per heavy atom. The molecule has 1 saturated carbocycles. The van der Waals surface area contributed by atoms with E-state index in [9.17, 15) is 17.9 Å². The third kappa shape index (κ3) is 3.60. The van der Waals surface area contributed by atoms with Crippen LogP contribution in [0.1, 0.15) is 30.9 Å². The molecule has 0 unspecified atom stereocenters. The zero-order valence-corrected chi connectivity index (χ0v) is 18.5. The number of halogens is 1. The smallest absolute Gasteiger partial charge is 0.240 e. The molecular weight excluding hydrogens is 427 g/mol. The molecule has 3 aromatic carbocycles. The molecule has 3 atom stereocenters. The lowest BCUT2D eigenvalue weighted by atomic mass is 9.88. The number of aliphatic hydroxyl groups excluding tert-OH is 1. The predicted molar refractivity (Wildman–Crippen MR) is 124 cm³/mol. The maximum Gasteiger partial charge on any atom is 0.240 e. The zero-order valence-electron chi connectivity index (χ0n) is 17.7. The van der Waals surface area contributed by atoms with Crippen LogP contribution in [0, 0.1) is 12.7 Å². The van der Waals surface area contributed by atoms with Crippen molar-refractivity contribution in [2.75, 3.05) is 0 Å². The fourth-order valence-corrected chi connectivity index (χ4v) is 6.17. The van der Waals surface area contributed by atoms with Gasteiger partial charge in [0, 0.05) is 21.8 Å². The Kier molecular flexibility index (Phi) is 5.28. The number of benzene rings is 3. The molecule has 0 amide bonds. The first-order valence-corrected chi connectivity index (χ1v) is 12.3. The van der Waals surface area contributed by atoms with Gasteiger partial charge in [-0.3, -0.25) is 0 Å². The molecule has 0 radical (unpaired) electrons. The number of hydrogen-bond donors (Lipinski definition) is 2. The first-order valence-electron chi connectivity index (χ1n) is 10.8. The molecule has 0 saturated heterocycles. The monoisotopic (exact) mass is 452 g/mol. The third-order valence-corrected chi connectivity index (χ3v) is 7.97. The largest absolute Gasteiger partial charge is 0.389 e. The fourth-order valence-electron chi connectivity index (χ4n) is 4.88. The summed E-state index contributed by atoms with van der Waals surface area (Å²) in [5, 5.41) is 13.0. The van der Waals surface area contributed by atoms with Gasteiger partial charge in [0.05, 0.1) is 23.1 Å². The summed E-state index contributed by atoms with van der Waals surface area (Å²) < 4.78 is 44.6. The van der Waals surface area contributed by atoms with Crippen LogP contribution in [0.15, 0.2) is 71.6 Å². The van der Waals surface area contributed by atoms with Gasteiger partial charge in [-0.1, -0.05) is 35.9 Å². The highest BCUT2D eigenvalue weighted by molar-refractivity contribution is 7.89. The normalized spacial score (nSPS) is 21.9. The van der Waals surface area contributed by atoms with Crippen molar-refractivity contribution >= 4 is 31.8 Å². The Bertz CT molecular complexity index is 1400. The summed E-state index contributed by atoms with van der Waals surface area (Å²) >= 11 is 0. The van der Waals surface area contributed by atoms with E-state index in [4.69, 9.17) is 0 Å². The number of fused-ring (bicyclic) bond motifs is 3. The summed E-state index contributed by atoms with van der Waals surface area (Å²) in [4.78, 5) is 0.185. The van der Waals surface area contributed by atoms with E-state index in [1.807, 2.05) is 35.8 Å². The quantitative estimate of drug-likeness (QED) is 0.473. The average Bonchev–Trinajstić information content (AvgIpc) is 3.09. The molecule has 0 spiro atoms. The highest BCUT2D eigenvalue weighted by Crippen LogP contribution is 2.38. The van der Waals surface area contributed by atoms with Crippen LogP contribution in [0.25, 0.3) is 21.8 Å². The van der Waals surface area contributed by atoms with Gasteiger partial charge >= 0.3 is 0 Å². The van der Waals surface area contributed by atoms with Crippen molar-refractivity contribution in [3.63, 3.8) is 0 Å². The van der Waals surface area contributed by atoms with Crippen molar-refractivity contribution in [2.24, 2.45) is 0 Å². The van der Waals surface area contributed by atoms with E-state index in [0.717, 1.165) is 33.8 Å². The average molecular weight is 453 g/mol. The number of aromatic nitrogens is 1. The molecule has 0 aliphatic heterocycles. The van der Waals surface area contributed by atoms with E-state index in [1.54, 1.807) is 30.3 Å². The van der Waals surface area contributed by atoms with Crippen LogP contribution < -0.4 is 4.72 Å². The molecule has 1 aliphatic carbocycles. The van der Waals surface area contributed by atoms with Gasteiger partial charge in [-0.2, -0.15) is 0 Å². The fraction of sp³-hybridized carbons (Fsp3) is 0.280. The number of nitrogens with zero attached hydrogens (tertiary/aromatic N) is 1. The minimum absolute atomic E-state index is 0.185.